The Labute approximate surface area is 161 Å². The summed E-state index contributed by atoms with van der Waals surface area (Å²) in [5.41, 5.74) is 2.60. The number of likely N-dealkylation sites (tertiary alicyclic amines) is 1. The molecule has 3 rings (SSSR count). The Morgan fingerprint density at radius 3 is 2.71 bits per heavy atom. The van der Waals surface area contributed by atoms with Crippen LogP contribution in [0.3, 0.4) is 0 Å². The molecule has 5 nitrogen and oxygen atoms in total. The molecule has 1 N–H and O–H groups in total. The number of para-hydroxylation sites is 1. The van der Waals surface area contributed by atoms with Gasteiger partial charge >= 0.3 is 0 Å². The van der Waals surface area contributed by atoms with E-state index in [4.69, 9.17) is 0 Å². The zero-order valence-corrected chi connectivity index (χ0v) is 16.7. The van der Waals surface area contributed by atoms with E-state index in [1.165, 1.54) is 11.3 Å². The molecule has 0 saturated carbocycles. The second-order valence-electron chi connectivity index (χ2n) is 6.10. The van der Waals surface area contributed by atoms with Gasteiger partial charge in [-0.1, -0.05) is 18.2 Å². The average molecular weight is 442 g/mol. The highest BCUT2D eigenvalue weighted by Gasteiger charge is 2.22. The number of carbonyl (C=O) groups is 1. The Morgan fingerprint density at radius 2 is 1.96 bits per heavy atom. The molecule has 0 spiro atoms. The second kappa shape index (κ2) is 9.25. The maximum atomic E-state index is 12.1. The molecule has 1 amide bonds. The largest absolute Gasteiger partial charge is 0.356 e. The van der Waals surface area contributed by atoms with Gasteiger partial charge in [0.2, 0.25) is 5.91 Å². The van der Waals surface area contributed by atoms with E-state index in [0.29, 0.717) is 13.0 Å². The van der Waals surface area contributed by atoms with Gasteiger partial charge in [-0.2, -0.15) is 0 Å². The molecule has 2 aliphatic heterocycles. The van der Waals surface area contributed by atoms with Crippen LogP contribution < -0.4 is 10.2 Å². The van der Waals surface area contributed by atoms with E-state index < -0.39 is 0 Å². The van der Waals surface area contributed by atoms with Crippen molar-refractivity contribution < 1.29 is 4.79 Å². The fraction of sp³-hybridized carbons (Fsp3) is 0.556. The van der Waals surface area contributed by atoms with Crippen LogP contribution in [0.4, 0.5) is 5.69 Å². The lowest BCUT2D eigenvalue weighted by Gasteiger charge is -2.22. The van der Waals surface area contributed by atoms with Crippen LogP contribution in [-0.4, -0.2) is 49.5 Å². The number of rotatable bonds is 4. The summed E-state index contributed by atoms with van der Waals surface area (Å²) in [6, 6.07) is 8.47. The molecule has 1 fully saturated rings. The minimum Gasteiger partial charge on any atom is -0.356 e. The van der Waals surface area contributed by atoms with Crippen molar-refractivity contribution in [2.75, 3.05) is 37.6 Å². The number of halogens is 1. The van der Waals surface area contributed by atoms with Crippen LogP contribution in [-0.2, 0) is 11.2 Å². The zero-order chi connectivity index (χ0) is 16.1. The van der Waals surface area contributed by atoms with Crippen molar-refractivity contribution in [3.05, 3.63) is 29.8 Å². The van der Waals surface area contributed by atoms with Gasteiger partial charge in [0.1, 0.15) is 0 Å². The van der Waals surface area contributed by atoms with Gasteiger partial charge in [0, 0.05) is 38.3 Å². The van der Waals surface area contributed by atoms with E-state index in [9.17, 15) is 4.79 Å². The van der Waals surface area contributed by atoms with Gasteiger partial charge < -0.3 is 15.1 Å². The molecule has 2 aliphatic rings. The van der Waals surface area contributed by atoms with E-state index in [-0.39, 0.29) is 29.9 Å². The standard InChI is InChI=1S/C18H26N4O.HI/c1-2-19-18(20-11-9-17(23)21-12-5-6-13-21)22-14-10-15-7-3-4-8-16(15)22;/h3-4,7-8H,2,5-6,9-14H2,1H3,(H,19,20);1H. The van der Waals surface area contributed by atoms with Gasteiger partial charge in [-0.15, -0.1) is 24.0 Å². The number of fused-ring (bicyclic) bond motifs is 1. The molecule has 0 aliphatic carbocycles. The Hall–Kier alpha value is -1.31. The number of nitrogens with one attached hydrogen (secondary N) is 1. The van der Waals surface area contributed by atoms with Crippen LogP contribution in [0, 0.1) is 0 Å². The molecular weight excluding hydrogens is 415 g/mol. The molecular formula is C18H27IN4O. The Bertz CT molecular complexity index is 584. The maximum absolute atomic E-state index is 12.1. The Morgan fingerprint density at radius 1 is 1.21 bits per heavy atom. The predicted molar refractivity (Wildman–Crippen MR) is 109 cm³/mol. The summed E-state index contributed by atoms with van der Waals surface area (Å²) in [6.45, 7) is 6.25. The number of guanidine groups is 1. The smallest absolute Gasteiger partial charge is 0.224 e. The first-order valence-electron chi connectivity index (χ1n) is 8.71. The first kappa shape index (κ1) is 19.0. The fourth-order valence-electron chi connectivity index (χ4n) is 3.34. The second-order valence-corrected chi connectivity index (χ2v) is 6.10. The summed E-state index contributed by atoms with van der Waals surface area (Å²) in [7, 11) is 0. The molecule has 1 aromatic carbocycles. The third-order valence-electron chi connectivity index (χ3n) is 4.52. The number of anilines is 1. The van der Waals surface area contributed by atoms with Crippen molar-refractivity contribution in [3.8, 4) is 0 Å². The SMILES string of the molecule is CCNC(=NCCC(=O)N1CCCC1)N1CCc2ccccc21.I. The van der Waals surface area contributed by atoms with Gasteiger partial charge in [-0.25, -0.2) is 0 Å². The summed E-state index contributed by atoms with van der Waals surface area (Å²) in [4.78, 5) is 21.0. The number of amides is 1. The van der Waals surface area contributed by atoms with Crippen LogP contribution in [0.25, 0.3) is 0 Å². The molecule has 0 atom stereocenters. The van der Waals surface area contributed by atoms with E-state index in [1.807, 2.05) is 4.90 Å². The topological polar surface area (TPSA) is 47.9 Å². The molecule has 0 unspecified atom stereocenters. The molecule has 0 aromatic heterocycles. The monoisotopic (exact) mass is 442 g/mol. The zero-order valence-electron chi connectivity index (χ0n) is 14.3. The predicted octanol–water partition coefficient (Wildman–Crippen LogP) is 2.65. The van der Waals surface area contributed by atoms with Crippen LogP contribution >= 0.6 is 24.0 Å². The third kappa shape index (κ3) is 4.40. The summed E-state index contributed by atoms with van der Waals surface area (Å²) < 4.78 is 0. The molecule has 6 heteroatoms. The normalized spacial score (nSPS) is 16.8. The van der Waals surface area contributed by atoms with Crippen LogP contribution in [0.2, 0.25) is 0 Å². The van der Waals surface area contributed by atoms with Crippen LogP contribution in [0.1, 0.15) is 31.7 Å². The first-order chi connectivity index (χ1) is 11.3. The molecule has 24 heavy (non-hydrogen) atoms. The van der Waals surface area contributed by atoms with Gasteiger partial charge in [-0.05, 0) is 37.8 Å². The quantitative estimate of drug-likeness (QED) is 0.443. The lowest BCUT2D eigenvalue weighted by Crippen LogP contribution is -2.40. The van der Waals surface area contributed by atoms with E-state index in [2.05, 4.69) is 46.4 Å². The third-order valence-corrected chi connectivity index (χ3v) is 4.52. The number of aliphatic imine (C=N–C) groups is 1. The number of benzene rings is 1. The molecule has 132 valence electrons. The minimum absolute atomic E-state index is 0. The molecule has 0 radical (unpaired) electrons. The van der Waals surface area contributed by atoms with Gasteiger partial charge in [0.25, 0.3) is 0 Å². The highest BCUT2D eigenvalue weighted by Crippen LogP contribution is 2.27. The van der Waals surface area contributed by atoms with Crippen LogP contribution in [0.5, 0.6) is 0 Å². The molecule has 1 aromatic rings. The molecule has 0 bridgehead atoms. The lowest BCUT2D eigenvalue weighted by atomic mass is 10.2. The van der Waals surface area contributed by atoms with Crippen LogP contribution in [0.15, 0.2) is 29.3 Å². The molecule has 2 heterocycles. The summed E-state index contributed by atoms with van der Waals surface area (Å²) >= 11 is 0. The number of nitrogens with zero attached hydrogens (tertiary/aromatic N) is 3. The Balaban J connectivity index is 0.00000208. The van der Waals surface area contributed by atoms with Crippen molar-refractivity contribution in [3.63, 3.8) is 0 Å². The highest BCUT2D eigenvalue weighted by atomic mass is 127. The summed E-state index contributed by atoms with van der Waals surface area (Å²) in [6.07, 6.45) is 3.84. The lowest BCUT2D eigenvalue weighted by molar-refractivity contribution is -0.129. The van der Waals surface area contributed by atoms with E-state index in [1.54, 1.807) is 0 Å². The van der Waals surface area contributed by atoms with E-state index >= 15 is 0 Å². The van der Waals surface area contributed by atoms with Gasteiger partial charge in [0.05, 0.1) is 6.54 Å². The van der Waals surface area contributed by atoms with Crippen molar-refractivity contribution in [1.29, 1.82) is 0 Å². The van der Waals surface area contributed by atoms with E-state index in [0.717, 1.165) is 51.4 Å². The average Bonchev–Trinajstić information content (AvgIpc) is 3.23. The fourth-order valence-corrected chi connectivity index (χ4v) is 3.34. The minimum atomic E-state index is 0. The molecule has 1 saturated heterocycles. The van der Waals surface area contributed by atoms with Crippen molar-refractivity contribution in [2.45, 2.75) is 32.6 Å². The van der Waals surface area contributed by atoms with Crippen molar-refractivity contribution >= 4 is 41.5 Å². The number of carbonyl (C=O) groups excluding carboxylic acids is 1. The van der Waals surface area contributed by atoms with Gasteiger partial charge in [-0.3, -0.25) is 9.79 Å². The summed E-state index contributed by atoms with van der Waals surface area (Å²) in [5, 5.41) is 3.36. The first-order valence-corrected chi connectivity index (χ1v) is 8.71. The van der Waals surface area contributed by atoms with Gasteiger partial charge in [0.15, 0.2) is 5.96 Å². The summed E-state index contributed by atoms with van der Waals surface area (Å²) in [5.74, 6) is 1.13. The highest BCUT2D eigenvalue weighted by molar-refractivity contribution is 14.0. The number of hydrogen-bond acceptors (Lipinski definition) is 2. The number of hydrogen-bond donors (Lipinski definition) is 1. The maximum Gasteiger partial charge on any atom is 0.224 e. The Kier molecular flexibility index (Phi) is 7.33. The van der Waals surface area contributed by atoms with Crippen molar-refractivity contribution in [2.24, 2.45) is 4.99 Å². The van der Waals surface area contributed by atoms with Crippen molar-refractivity contribution in [1.82, 2.24) is 10.2 Å².